The SMILES string of the molecule is N#Cc1n[nH]nc1-c1cccc(COc2ccc(-n3cccc3)cc2)c1. The zero-order chi connectivity index (χ0) is 17.8. The van der Waals surface area contributed by atoms with Crippen LogP contribution < -0.4 is 4.74 Å². The van der Waals surface area contributed by atoms with Gasteiger partial charge in [0.05, 0.1) is 0 Å². The molecule has 126 valence electrons. The van der Waals surface area contributed by atoms with Gasteiger partial charge in [0.15, 0.2) is 5.69 Å². The lowest BCUT2D eigenvalue weighted by Crippen LogP contribution is -1.97. The molecule has 2 aromatic carbocycles. The largest absolute Gasteiger partial charge is 0.489 e. The Morgan fingerprint density at radius 3 is 2.58 bits per heavy atom. The van der Waals surface area contributed by atoms with Crippen LogP contribution in [-0.2, 0) is 6.61 Å². The minimum atomic E-state index is 0.281. The van der Waals surface area contributed by atoms with Gasteiger partial charge in [-0.3, -0.25) is 0 Å². The van der Waals surface area contributed by atoms with Crippen molar-refractivity contribution in [3.63, 3.8) is 0 Å². The van der Waals surface area contributed by atoms with Gasteiger partial charge in [0.25, 0.3) is 0 Å². The summed E-state index contributed by atoms with van der Waals surface area (Å²) >= 11 is 0. The number of nitriles is 1. The van der Waals surface area contributed by atoms with Crippen molar-refractivity contribution in [3.8, 4) is 28.8 Å². The second-order valence-corrected chi connectivity index (χ2v) is 5.71. The van der Waals surface area contributed by atoms with Gasteiger partial charge in [0.2, 0.25) is 0 Å². The summed E-state index contributed by atoms with van der Waals surface area (Å²) < 4.78 is 7.91. The summed E-state index contributed by atoms with van der Waals surface area (Å²) in [6, 6.07) is 21.7. The predicted molar refractivity (Wildman–Crippen MR) is 96.6 cm³/mol. The van der Waals surface area contributed by atoms with Crippen molar-refractivity contribution >= 4 is 0 Å². The van der Waals surface area contributed by atoms with Crippen LogP contribution in [0.25, 0.3) is 16.9 Å². The number of aromatic amines is 1. The predicted octanol–water partition coefficient (Wildman–Crippen LogP) is 3.71. The van der Waals surface area contributed by atoms with E-state index in [0.29, 0.717) is 12.3 Å². The minimum Gasteiger partial charge on any atom is -0.489 e. The van der Waals surface area contributed by atoms with Crippen molar-refractivity contribution < 1.29 is 4.74 Å². The third-order valence-corrected chi connectivity index (χ3v) is 4.00. The molecule has 0 unspecified atom stereocenters. The Morgan fingerprint density at radius 2 is 1.81 bits per heavy atom. The molecule has 26 heavy (non-hydrogen) atoms. The number of hydrogen-bond acceptors (Lipinski definition) is 4. The quantitative estimate of drug-likeness (QED) is 0.600. The first-order chi connectivity index (χ1) is 12.8. The number of benzene rings is 2. The van der Waals surface area contributed by atoms with E-state index in [9.17, 15) is 0 Å². The Labute approximate surface area is 150 Å². The number of nitrogens with one attached hydrogen (secondary N) is 1. The van der Waals surface area contributed by atoms with Crippen molar-refractivity contribution in [3.05, 3.63) is 84.3 Å². The van der Waals surface area contributed by atoms with E-state index >= 15 is 0 Å². The Hall–Kier alpha value is -3.85. The van der Waals surface area contributed by atoms with Crippen molar-refractivity contribution in [2.45, 2.75) is 6.61 Å². The molecule has 0 spiro atoms. The molecule has 0 aliphatic heterocycles. The van der Waals surface area contributed by atoms with Gasteiger partial charge in [0.1, 0.15) is 24.1 Å². The van der Waals surface area contributed by atoms with E-state index < -0.39 is 0 Å². The number of nitrogens with zero attached hydrogens (tertiary/aromatic N) is 4. The first kappa shape index (κ1) is 15.7. The second-order valence-electron chi connectivity index (χ2n) is 5.71. The van der Waals surface area contributed by atoms with Crippen LogP contribution in [-0.4, -0.2) is 20.0 Å². The molecule has 4 aromatic rings. The lowest BCUT2D eigenvalue weighted by molar-refractivity contribution is 0.306. The van der Waals surface area contributed by atoms with E-state index in [1.165, 1.54) is 0 Å². The van der Waals surface area contributed by atoms with Crippen molar-refractivity contribution in [2.24, 2.45) is 0 Å². The van der Waals surface area contributed by atoms with Crippen LogP contribution in [0.1, 0.15) is 11.3 Å². The normalized spacial score (nSPS) is 10.4. The number of H-pyrrole nitrogens is 1. The molecule has 0 bridgehead atoms. The molecule has 0 fully saturated rings. The topological polar surface area (TPSA) is 79.5 Å². The van der Waals surface area contributed by atoms with E-state index in [2.05, 4.69) is 15.4 Å². The van der Waals surface area contributed by atoms with Gasteiger partial charge in [-0.15, -0.1) is 5.10 Å². The average Bonchev–Trinajstić information content (AvgIpc) is 3.38. The fraction of sp³-hybridized carbons (Fsp3) is 0.0500. The minimum absolute atomic E-state index is 0.281. The number of ether oxygens (including phenoxy) is 1. The lowest BCUT2D eigenvalue weighted by atomic mass is 10.1. The van der Waals surface area contributed by atoms with Gasteiger partial charge in [-0.2, -0.15) is 15.6 Å². The molecule has 6 heteroatoms. The third-order valence-electron chi connectivity index (χ3n) is 4.00. The fourth-order valence-electron chi connectivity index (χ4n) is 2.71. The van der Waals surface area contributed by atoms with Gasteiger partial charge in [-0.1, -0.05) is 18.2 Å². The summed E-state index contributed by atoms with van der Waals surface area (Å²) in [6.45, 7) is 0.427. The molecule has 0 saturated carbocycles. The van der Waals surface area contributed by atoms with Gasteiger partial charge in [-0.05, 0) is 48.0 Å². The van der Waals surface area contributed by atoms with Crippen LogP contribution in [0.2, 0.25) is 0 Å². The summed E-state index contributed by atoms with van der Waals surface area (Å²) in [5, 5.41) is 19.5. The molecule has 0 aliphatic rings. The third kappa shape index (κ3) is 3.19. The van der Waals surface area contributed by atoms with Crippen LogP contribution >= 0.6 is 0 Å². The average molecular weight is 341 g/mol. The molecule has 0 radical (unpaired) electrons. The van der Waals surface area contributed by atoms with Crippen molar-refractivity contribution in [1.29, 1.82) is 5.26 Å². The van der Waals surface area contributed by atoms with Crippen molar-refractivity contribution in [2.75, 3.05) is 0 Å². The van der Waals surface area contributed by atoms with Crippen LogP contribution in [0, 0.1) is 11.3 Å². The summed E-state index contributed by atoms with van der Waals surface area (Å²) in [4.78, 5) is 0. The molecule has 2 aromatic heterocycles. The van der Waals surface area contributed by atoms with Crippen LogP contribution in [0.5, 0.6) is 5.75 Å². The highest BCUT2D eigenvalue weighted by molar-refractivity contribution is 5.64. The maximum atomic E-state index is 9.08. The summed E-state index contributed by atoms with van der Waals surface area (Å²) in [5.74, 6) is 0.797. The van der Waals surface area contributed by atoms with Gasteiger partial charge in [0, 0.05) is 23.6 Å². The number of rotatable bonds is 5. The highest BCUT2D eigenvalue weighted by Gasteiger charge is 2.10. The Morgan fingerprint density at radius 1 is 1.00 bits per heavy atom. The van der Waals surface area contributed by atoms with Gasteiger partial charge in [-0.25, -0.2) is 0 Å². The zero-order valence-electron chi connectivity index (χ0n) is 13.8. The highest BCUT2D eigenvalue weighted by Crippen LogP contribution is 2.22. The molecular weight excluding hydrogens is 326 g/mol. The van der Waals surface area contributed by atoms with E-state index in [1.807, 2.05) is 83.7 Å². The van der Waals surface area contributed by atoms with Gasteiger partial charge >= 0.3 is 0 Å². The summed E-state index contributed by atoms with van der Waals surface area (Å²) in [7, 11) is 0. The number of aromatic nitrogens is 4. The smallest absolute Gasteiger partial charge is 0.190 e. The van der Waals surface area contributed by atoms with Crippen molar-refractivity contribution in [1.82, 2.24) is 20.0 Å². The summed E-state index contributed by atoms with van der Waals surface area (Å²) in [5.41, 5.74) is 3.73. The van der Waals surface area contributed by atoms with Crippen LogP contribution in [0.4, 0.5) is 0 Å². The Bertz CT molecular complexity index is 1040. The molecule has 4 rings (SSSR count). The molecule has 0 atom stereocenters. The highest BCUT2D eigenvalue weighted by atomic mass is 16.5. The van der Waals surface area contributed by atoms with Crippen LogP contribution in [0.3, 0.4) is 0 Å². The Kier molecular flexibility index (Phi) is 4.19. The fourth-order valence-corrected chi connectivity index (χ4v) is 2.71. The standard InChI is InChI=1S/C20H15N5O/c21-13-19-20(23-24-22-19)16-5-3-4-15(12-16)14-26-18-8-6-17(7-9-18)25-10-1-2-11-25/h1-12H,14H2,(H,22,23,24). The van der Waals surface area contributed by atoms with E-state index in [0.717, 1.165) is 22.6 Å². The molecule has 0 saturated heterocycles. The first-order valence-electron chi connectivity index (χ1n) is 8.10. The van der Waals surface area contributed by atoms with E-state index in [1.54, 1.807) is 0 Å². The molecule has 1 N–H and O–H groups in total. The summed E-state index contributed by atoms with van der Waals surface area (Å²) in [6.07, 6.45) is 4.00. The molecule has 2 heterocycles. The molecule has 0 amide bonds. The van der Waals surface area contributed by atoms with E-state index in [-0.39, 0.29) is 5.69 Å². The zero-order valence-corrected chi connectivity index (χ0v) is 13.8. The molecule has 6 nitrogen and oxygen atoms in total. The number of hydrogen-bond donors (Lipinski definition) is 1. The maximum absolute atomic E-state index is 9.08. The Balaban J connectivity index is 1.47. The molecular formula is C20H15N5O. The first-order valence-corrected chi connectivity index (χ1v) is 8.10. The lowest BCUT2D eigenvalue weighted by Gasteiger charge is -2.09. The van der Waals surface area contributed by atoms with Gasteiger partial charge < -0.3 is 9.30 Å². The maximum Gasteiger partial charge on any atom is 0.190 e. The van der Waals surface area contributed by atoms with E-state index in [4.69, 9.17) is 10.00 Å². The second kappa shape index (κ2) is 6.95. The van der Waals surface area contributed by atoms with Crippen LogP contribution in [0.15, 0.2) is 73.1 Å². The monoisotopic (exact) mass is 341 g/mol. The molecule has 0 aliphatic carbocycles.